The number of nitrogens with zero attached hydrogens (tertiary/aromatic N) is 1. The van der Waals surface area contributed by atoms with Gasteiger partial charge in [0.15, 0.2) is 0 Å². The van der Waals surface area contributed by atoms with Crippen molar-refractivity contribution in [2.24, 2.45) is 5.73 Å². The second kappa shape index (κ2) is 4.18. The molecule has 1 aromatic carbocycles. The van der Waals surface area contributed by atoms with E-state index >= 15 is 0 Å². The maximum Gasteiger partial charge on any atom is 0.244 e. The number of nitrogens with one attached hydrogen (secondary N) is 2. The highest BCUT2D eigenvalue weighted by atomic mass is 16.2. The highest BCUT2D eigenvalue weighted by Gasteiger charge is 2.25. The highest BCUT2D eigenvalue weighted by molar-refractivity contribution is 5.98. The van der Waals surface area contributed by atoms with Crippen LogP contribution in [0.2, 0.25) is 0 Å². The summed E-state index contributed by atoms with van der Waals surface area (Å²) in [6, 6.07) is 5.57. The van der Waals surface area contributed by atoms with Crippen LogP contribution >= 0.6 is 0 Å². The van der Waals surface area contributed by atoms with E-state index < -0.39 is 5.54 Å². The van der Waals surface area contributed by atoms with Crippen molar-refractivity contribution in [3.63, 3.8) is 0 Å². The van der Waals surface area contributed by atoms with E-state index in [0.29, 0.717) is 6.42 Å². The van der Waals surface area contributed by atoms with Gasteiger partial charge in [0.1, 0.15) is 0 Å². The van der Waals surface area contributed by atoms with Crippen LogP contribution in [0.1, 0.15) is 20.3 Å². The Morgan fingerprint density at radius 2 is 2.35 bits per heavy atom. The Bertz CT molecular complexity index is 544. The van der Waals surface area contributed by atoms with Gasteiger partial charge in [-0.1, -0.05) is 6.92 Å². The fraction of sp³-hybridized carbons (Fsp3) is 0.333. The molecular weight excluding hydrogens is 216 g/mol. The lowest BCUT2D eigenvalue weighted by molar-refractivity contribution is -0.120. The first-order chi connectivity index (χ1) is 8.03. The molecule has 90 valence electrons. The Balaban J connectivity index is 2.21. The number of H-pyrrole nitrogens is 1. The molecule has 2 rings (SSSR count). The number of carbonyl (C=O) groups is 1. The Morgan fingerprint density at radius 1 is 1.59 bits per heavy atom. The average molecular weight is 232 g/mol. The average Bonchev–Trinajstić information content (AvgIpc) is 2.76. The first-order valence-electron chi connectivity index (χ1n) is 5.56. The molecule has 4 N–H and O–H groups in total. The molecule has 17 heavy (non-hydrogen) atoms. The third-order valence-corrected chi connectivity index (χ3v) is 2.95. The number of aromatic nitrogens is 2. The molecule has 1 aromatic heterocycles. The predicted molar refractivity (Wildman–Crippen MR) is 67.6 cm³/mol. The molecule has 5 heteroatoms. The van der Waals surface area contributed by atoms with Gasteiger partial charge in [-0.3, -0.25) is 9.89 Å². The maximum absolute atomic E-state index is 11.9. The molecule has 0 bridgehead atoms. The first-order valence-corrected chi connectivity index (χ1v) is 5.56. The molecule has 0 aliphatic heterocycles. The monoisotopic (exact) mass is 232 g/mol. The number of benzene rings is 1. The Morgan fingerprint density at radius 3 is 3.06 bits per heavy atom. The summed E-state index contributed by atoms with van der Waals surface area (Å²) in [4.78, 5) is 11.9. The van der Waals surface area contributed by atoms with Gasteiger partial charge in [0.25, 0.3) is 0 Å². The zero-order valence-corrected chi connectivity index (χ0v) is 9.95. The smallest absolute Gasteiger partial charge is 0.244 e. The molecule has 1 heterocycles. The SMILES string of the molecule is CCC(C)(N)C(=O)Nc1ccc2cn[nH]c2c1. The van der Waals surface area contributed by atoms with Gasteiger partial charge in [-0.15, -0.1) is 0 Å². The summed E-state index contributed by atoms with van der Waals surface area (Å²) >= 11 is 0. The van der Waals surface area contributed by atoms with Crippen LogP contribution < -0.4 is 11.1 Å². The van der Waals surface area contributed by atoms with Crippen LogP contribution in [0.3, 0.4) is 0 Å². The van der Waals surface area contributed by atoms with Crippen molar-refractivity contribution in [1.29, 1.82) is 0 Å². The van der Waals surface area contributed by atoms with Crippen molar-refractivity contribution in [2.75, 3.05) is 5.32 Å². The van der Waals surface area contributed by atoms with Crippen LogP contribution in [0, 0.1) is 0 Å². The molecule has 0 saturated carbocycles. The van der Waals surface area contributed by atoms with Crippen LogP contribution in [0.4, 0.5) is 5.69 Å². The molecule has 0 saturated heterocycles. The van der Waals surface area contributed by atoms with Crippen molar-refractivity contribution in [1.82, 2.24) is 10.2 Å². The molecule has 1 amide bonds. The zero-order valence-electron chi connectivity index (χ0n) is 9.95. The van der Waals surface area contributed by atoms with E-state index in [0.717, 1.165) is 16.6 Å². The van der Waals surface area contributed by atoms with Crippen LogP contribution in [-0.2, 0) is 4.79 Å². The van der Waals surface area contributed by atoms with E-state index in [9.17, 15) is 4.79 Å². The Labute approximate surface area is 99.4 Å². The van der Waals surface area contributed by atoms with E-state index in [1.807, 2.05) is 25.1 Å². The summed E-state index contributed by atoms with van der Waals surface area (Å²) in [5, 5.41) is 10.6. The molecule has 0 aliphatic rings. The highest BCUT2D eigenvalue weighted by Crippen LogP contribution is 2.18. The Kier molecular flexibility index (Phi) is 2.85. The molecular formula is C12H16N4O. The topological polar surface area (TPSA) is 83.8 Å². The van der Waals surface area contributed by atoms with Gasteiger partial charge in [0.2, 0.25) is 5.91 Å². The van der Waals surface area contributed by atoms with Gasteiger partial charge in [-0.05, 0) is 31.5 Å². The van der Waals surface area contributed by atoms with Crippen LogP contribution in [0.15, 0.2) is 24.4 Å². The second-order valence-electron chi connectivity index (χ2n) is 4.40. The van der Waals surface area contributed by atoms with Crippen LogP contribution in [0.25, 0.3) is 10.9 Å². The molecule has 2 aromatic rings. The summed E-state index contributed by atoms with van der Waals surface area (Å²) < 4.78 is 0. The molecule has 0 spiro atoms. The standard InChI is InChI=1S/C12H16N4O/c1-3-12(2,13)11(17)15-9-5-4-8-7-14-16-10(8)6-9/h4-7H,3,13H2,1-2H3,(H,14,16)(H,15,17). The number of fused-ring (bicyclic) bond motifs is 1. The minimum absolute atomic E-state index is 0.182. The number of hydrogen-bond acceptors (Lipinski definition) is 3. The first kappa shape index (κ1) is 11.6. The van der Waals surface area contributed by atoms with Gasteiger partial charge < -0.3 is 11.1 Å². The number of carbonyl (C=O) groups excluding carboxylic acids is 1. The molecule has 5 nitrogen and oxygen atoms in total. The summed E-state index contributed by atoms with van der Waals surface area (Å²) in [7, 11) is 0. The van der Waals surface area contributed by atoms with Gasteiger partial charge in [0, 0.05) is 11.1 Å². The fourth-order valence-electron chi connectivity index (χ4n) is 1.45. The number of rotatable bonds is 3. The number of aromatic amines is 1. The van der Waals surface area contributed by atoms with Gasteiger partial charge in [-0.2, -0.15) is 5.10 Å². The Hall–Kier alpha value is -1.88. The summed E-state index contributed by atoms with van der Waals surface area (Å²) in [6.07, 6.45) is 2.32. The van der Waals surface area contributed by atoms with Crippen molar-refractivity contribution in [3.05, 3.63) is 24.4 Å². The van der Waals surface area contributed by atoms with Crippen molar-refractivity contribution < 1.29 is 4.79 Å². The van der Waals surface area contributed by atoms with Crippen molar-refractivity contribution in [2.45, 2.75) is 25.8 Å². The number of hydrogen-bond donors (Lipinski definition) is 3. The van der Waals surface area contributed by atoms with Crippen molar-refractivity contribution in [3.8, 4) is 0 Å². The third-order valence-electron chi connectivity index (χ3n) is 2.95. The minimum Gasteiger partial charge on any atom is -0.324 e. The van der Waals surface area contributed by atoms with E-state index in [-0.39, 0.29) is 5.91 Å². The molecule has 0 aliphatic carbocycles. The van der Waals surface area contributed by atoms with E-state index in [1.54, 1.807) is 13.1 Å². The summed E-state index contributed by atoms with van der Waals surface area (Å²) in [5.41, 5.74) is 6.63. The third kappa shape index (κ3) is 2.29. The zero-order chi connectivity index (χ0) is 12.5. The summed E-state index contributed by atoms with van der Waals surface area (Å²) in [5.74, 6) is -0.182. The molecule has 1 unspecified atom stereocenters. The lowest BCUT2D eigenvalue weighted by Gasteiger charge is -2.21. The van der Waals surface area contributed by atoms with E-state index in [1.165, 1.54) is 0 Å². The molecule has 0 fully saturated rings. The fourth-order valence-corrected chi connectivity index (χ4v) is 1.45. The van der Waals surface area contributed by atoms with Gasteiger partial charge in [-0.25, -0.2) is 0 Å². The lowest BCUT2D eigenvalue weighted by atomic mass is 9.99. The number of anilines is 1. The summed E-state index contributed by atoms with van der Waals surface area (Å²) in [6.45, 7) is 3.61. The largest absolute Gasteiger partial charge is 0.324 e. The van der Waals surface area contributed by atoms with Crippen LogP contribution in [0.5, 0.6) is 0 Å². The lowest BCUT2D eigenvalue weighted by Crippen LogP contribution is -2.47. The van der Waals surface area contributed by atoms with Crippen LogP contribution in [-0.4, -0.2) is 21.6 Å². The normalized spacial score (nSPS) is 14.5. The maximum atomic E-state index is 11.9. The van der Waals surface area contributed by atoms with Crippen molar-refractivity contribution >= 4 is 22.5 Å². The van der Waals surface area contributed by atoms with Gasteiger partial charge in [0.05, 0.1) is 17.3 Å². The van der Waals surface area contributed by atoms with E-state index in [2.05, 4.69) is 15.5 Å². The number of amides is 1. The number of nitrogens with two attached hydrogens (primary N) is 1. The van der Waals surface area contributed by atoms with E-state index in [4.69, 9.17) is 5.73 Å². The predicted octanol–water partition coefficient (Wildman–Crippen LogP) is 1.63. The quantitative estimate of drug-likeness (QED) is 0.752. The van der Waals surface area contributed by atoms with Gasteiger partial charge >= 0.3 is 0 Å². The second-order valence-corrected chi connectivity index (χ2v) is 4.40. The minimum atomic E-state index is -0.844. The molecule has 1 atom stereocenters. The molecule has 0 radical (unpaired) electrons.